The third-order valence-electron chi connectivity index (χ3n) is 11.8. The van der Waals surface area contributed by atoms with E-state index in [-0.39, 0.29) is 29.0 Å². The molecule has 15 nitrogen and oxygen atoms in total. The first-order chi connectivity index (χ1) is 28.8. The second-order valence-electron chi connectivity index (χ2n) is 16.2. The normalized spacial score (nSPS) is 18.1. The number of piperazine rings is 1. The Balaban J connectivity index is 1.03. The number of carbonyl (C=O) groups is 1. The Morgan fingerprint density at radius 2 is 1.82 bits per heavy atom. The zero-order valence-corrected chi connectivity index (χ0v) is 35.5. The second kappa shape index (κ2) is 17.4. The van der Waals surface area contributed by atoms with Crippen LogP contribution in [0.4, 0.5) is 17.1 Å². The van der Waals surface area contributed by atoms with Crippen LogP contribution in [0.15, 0.2) is 84.0 Å². The van der Waals surface area contributed by atoms with Gasteiger partial charge in [0, 0.05) is 86.7 Å². The van der Waals surface area contributed by atoms with Gasteiger partial charge in [0.15, 0.2) is 0 Å². The number of aromatic amines is 1. The second-order valence-corrected chi connectivity index (χ2v) is 21.0. The number of ether oxygens (including phenoxy) is 2. The van der Waals surface area contributed by atoms with E-state index >= 15 is 0 Å². The number of amides is 1. The standard InChI is InChI=1S/C43H50N7O8PS/c1-59(2,54)41-9-5-7-34-35(41)6-3-4-8-38(34)49-20-18-48(19-21-49)31-10-12-36(40(25-31)58-32-24-30-14-17-44-42(30)46-28-32)43(51)47-60(55,56)33-11-13-37(39(26-33)50(52)53)45-27-29-15-22-57-23-16-29/h5,7,9-14,17,24-26,28-29,38,45H,3-4,6,8,15-16,18-23,27H2,1-2H3,(H,44,46)(H,47,51). The molecule has 1 aliphatic carbocycles. The zero-order valence-electron chi connectivity index (χ0n) is 33.8. The molecular formula is C43H50N7O8PS. The van der Waals surface area contributed by atoms with Crippen molar-refractivity contribution in [2.45, 2.75) is 49.5 Å². The molecular weight excluding hydrogens is 806 g/mol. The Kier molecular flexibility index (Phi) is 12.0. The minimum Gasteiger partial charge on any atom is -0.455 e. The maximum absolute atomic E-state index is 13.9. The van der Waals surface area contributed by atoms with Crippen molar-refractivity contribution in [1.29, 1.82) is 0 Å². The van der Waals surface area contributed by atoms with Crippen LogP contribution in [0.3, 0.4) is 0 Å². The Hall–Kier alpha value is -5.28. The fraction of sp³-hybridized carbons (Fsp3) is 0.395. The summed E-state index contributed by atoms with van der Waals surface area (Å²) in [7, 11) is -7.00. The number of H-pyrrole nitrogens is 1. The van der Waals surface area contributed by atoms with Crippen LogP contribution in [-0.4, -0.2) is 93.4 Å². The Morgan fingerprint density at radius 3 is 2.58 bits per heavy atom. The molecule has 3 aliphatic rings. The van der Waals surface area contributed by atoms with E-state index in [0.717, 1.165) is 74.1 Å². The number of nitrogens with zero attached hydrogens (tertiary/aromatic N) is 4. The first-order valence-corrected chi connectivity index (χ1v) is 24.5. The number of hydrogen-bond donors (Lipinski definition) is 3. The lowest BCUT2D eigenvalue weighted by Crippen LogP contribution is -2.47. The summed E-state index contributed by atoms with van der Waals surface area (Å²) in [5, 5.41) is 16.9. The highest BCUT2D eigenvalue weighted by Gasteiger charge is 2.32. The maximum atomic E-state index is 13.9. The van der Waals surface area contributed by atoms with Gasteiger partial charge in [0.05, 0.1) is 21.6 Å². The number of nitro benzene ring substituents is 1. The number of aromatic nitrogens is 2. The molecule has 3 N–H and O–H groups in total. The molecule has 2 saturated heterocycles. The van der Waals surface area contributed by atoms with Crippen molar-refractivity contribution in [3.63, 3.8) is 0 Å². The van der Waals surface area contributed by atoms with Gasteiger partial charge in [0.1, 0.15) is 30.0 Å². The van der Waals surface area contributed by atoms with Gasteiger partial charge in [-0.1, -0.05) is 24.6 Å². The Morgan fingerprint density at radius 1 is 1.02 bits per heavy atom. The van der Waals surface area contributed by atoms with Crippen LogP contribution in [0.1, 0.15) is 59.6 Å². The number of pyridine rings is 1. The number of fused-ring (bicyclic) bond motifs is 2. The zero-order chi connectivity index (χ0) is 42.0. The highest BCUT2D eigenvalue weighted by molar-refractivity contribution is 7.90. The molecule has 5 aromatic rings. The van der Waals surface area contributed by atoms with Gasteiger partial charge < -0.3 is 29.2 Å². The predicted octanol–water partition coefficient (Wildman–Crippen LogP) is 7.06. The quantitative estimate of drug-likeness (QED) is 0.0503. The first-order valence-electron chi connectivity index (χ1n) is 20.4. The molecule has 3 aromatic carbocycles. The van der Waals surface area contributed by atoms with E-state index in [1.165, 1.54) is 35.5 Å². The van der Waals surface area contributed by atoms with E-state index in [4.69, 9.17) is 9.47 Å². The molecule has 60 heavy (non-hydrogen) atoms. The third-order valence-corrected chi connectivity index (χ3v) is 14.7. The smallest absolute Gasteiger partial charge is 0.293 e. The number of carbonyl (C=O) groups excluding carboxylic acids is 1. The summed E-state index contributed by atoms with van der Waals surface area (Å²) < 4.78 is 54.4. The lowest BCUT2D eigenvalue weighted by Gasteiger charge is -2.41. The summed E-state index contributed by atoms with van der Waals surface area (Å²) in [6.07, 6.45) is 9.04. The number of hydrogen-bond acceptors (Lipinski definition) is 12. The van der Waals surface area contributed by atoms with Crippen molar-refractivity contribution in [3.05, 3.63) is 106 Å². The number of sulfonamides is 1. The van der Waals surface area contributed by atoms with Gasteiger partial charge in [-0.15, -0.1) is 0 Å². The molecule has 2 aromatic heterocycles. The van der Waals surface area contributed by atoms with Crippen molar-refractivity contribution < 1.29 is 32.2 Å². The van der Waals surface area contributed by atoms with Gasteiger partial charge in [0.25, 0.3) is 21.6 Å². The summed E-state index contributed by atoms with van der Waals surface area (Å²) in [5.74, 6) is -0.231. The largest absolute Gasteiger partial charge is 0.455 e. The van der Waals surface area contributed by atoms with Gasteiger partial charge in [-0.25, -0.2) is 18.1 Å². The van der Waals surface area contributed by atoms with E-state index in [1.54, 1.807) is 24.4 Å². The highest BCUT2D eigenvalue weighted by Crippen LogP contribution is 2.42. The Labute approximate surface area is 349 Å². The highest BCUT2D eigenvalue weighted by atomic mass is 32.2. The molecule has 2 fully saturated rings. The van der Waals surface area contributed by atoms with Crippen LogP contribution in [0, 0.1) is 16.0 Å². The molecule has 1 atom stereocenters. The Bertz CT molecular complexity index is 2560. The van der Waals surface area contributed by atoms with Crippen molar-refractivity contribution in [3.8, 4) is 11.5 Å². The molecule has 8 rings (SSSR count). The van der Waals surface area contributed by atoms with Crippen molar-refractivity contribution >= 4 is 56.5 Å². The number of rotatable bonds is 12. The fourth-order valence-corrected chi connectivity index (χ4v) is 11.0. The van der Waals surface area contributed by atoms with Gasteiger partial charge in [-0.2, -0.15) is 0 Å². The van der Waals surface area contributed by atoms with Crippen LogP contribution in [0.2, 0.25) is 0 Å². The first kappa shape index (κ1) is 41.5. The van der Waals surface area contributed by atoms with Gasteiger partial charge in [-0.3, -0.25) is 19.8 Å². The fourth-order valence-electron chi connectivity index (χ4n) is 8.65. The van der Waals surface area contributed by atoms with Crippen LogP contribution < -0.4 is 25.0 Å². The summed E-state index contributed by atoms with van der Waals surface area (Å²) >= 11 is 0. The molecule has 0 radical (unpaired) electrons. The average Bonchev–Trinajstić information content (AvgIpc) is 3.60. The van der Waals surface area contributed by atoms with Gasteiger partial charge >= 0.3 is 0 Å². The third kappa shape index (κ3) is 9.07. The topological polar surface area (TPSA) is 189 Å². The molecule has 0 saturated carbocycles. The van der Waals surface area contributed by atoms with Gasteiger partial charge in [0.2, 0.25) is 0 Å². The van der Waals surface area contributed by atoms with Crippen molar-refractivity contribution in [2.75, 3.05) is 69.5 Å². The van der Waals surface area contributed by atoms with Crippen LogP contribution in [0.5, 0.6) is 11.5 Å². The van der Waals surface area contributed by atoms with Crippen LogP contribution in [0.25, 0.3) is 11.0 Å². The van der Waals surface area contributed by atoms with E-state index < -0.39 is 38.6 Å². The minimum absolute atomic E-state index is 0.0469. The van der Waals surface area contributed by atoms with E-state index in [9.17, 15) is 27.9 Å². The number of nitro groups is 1. The van der Waals surface area contributed by atoms with Crippen molar-refractivity contribution in [2.24, 2.45) is 5.92 Å². The van der Waals surface area contributed by atoms with E-state index in [0.29, 0.717) is 44.2 Å². The SMILES string of the molecule is CP(C)(=O)c1cccc2c1CCCCC2N1CCN(c2ccc(C(=O)NS(=O)(=O)c3ccc(NCC4CCOCC4)c([N+](=O)[O-])c3)c(Oc3cnc4[nH]ccc4c3)c2)CC1. The lowest BCUT2D eigenvalue weighted by molar-refractivity contribution is -0.384. The molecule has 0 spiro atoms. The summed E-state index contributed by atoms with van der Waals surface area (Å²) in [6, 6.07) is 18.7. The molecule has 1 amide bonds. The molecule has 1 unspecified atom stereocenters. The monoisotopic (exact) mass is 855 g/mol. The summed E-state index contributed by atoms with van der Waals surface area (Å²) in [6.45, 7) is 8.38. The molecule has 0 bridgehead atoms. The minimum atomic E-state index is -4.56. The summed E-state index contributed by atoms with van der Waals surface area (Å²) in [5.41, 5.74) is 3.70. The lowest BCUT2D eigenvalue weighted by atomic mass is 9.97. The molecule has 4 heterocycles. The number of anilines is 2. The summed E-state index contributed by atoms with van der Waals surface area (Å²) in [4.78, 5) is 37.1. The van der Waals surface area contributed by atoms with Crippen LogP contribution in [-0.2, 0) is 25.7 Å². The van der Waals surface area contributed by atoms with E-state index in [2.05, 4.69) is 35.9 Å². The van der Waals surface area contributed by atoms with E-state index in [1.807, 2.05) is 31.5 Å². The van der Waals surface area contributed by atoms with Gasteiger partial charge in [-0.05, 0) is 98.9 Å². The molecule has 2 aliphatic heterocycles. The maximum Gasteiger partial charge on any atom is 0.293 e. The molecule has 316 valence electrons. The predicted molar refractivity (Wildman–Crippen MR) is 232 cm³/mol. The number of nitrogens with one attached hydrogen (secondary N) is 3. The van der Waals surface area contributed by atoms with Crippen LogP contribution >= 0.6 is 7.14 Å². The average molecular weight is 856 g/mol. The molecule has 17 heteroatoms. The van der Waals surface area contributed by atoms with Crippen molar-refractivity contribution in [1.82, 2.24) is 19.6 Å². The number of benzene rings is 3.